The van der Waals surface area contributed by atoms with Gasteiger partial charge in [-0.1, -0.05) is 6.92 Å². The summed E-state index contributed by atoms with van der Waals surface area (Å²) in [5.74, 6) is 2.79. The van der Waals surface area contributed by atoms with Crippen molar-refractivity contribution < 1.29 is 4.42 Å². The summed E-state index contributed by atoms with van der Waals surface area (Å²) in [5, 5.41) is 7.68. The second-order valence-electron chi connectivity index (χ2n) is 4.29. The predicted octanol–water partition coefficient (Wildman–Crippen LogP) is 2.21. The summed E-state index contributed by atoms with van der Waals surface area (Å²) >= 11 is 0. The minimum Gasteiger partial charge on any atom is -0.466 e. The molecule has 0 aliphatic carbocycles. The van der Waals surface area contributed by atoms with Gasteiger partial charge in [0.25, 0.3) is 0 Å². The highest BCUT2D eigenvalue weighted by molar-refractivity contribution is 5.29. The van der Waals surface area contributed by atoms with E-state index in [0.717, 1.165) is 36.0 Å². The number of nitrogens with zero attached hydrogens (tertiary/aromatic N) is 3. The van der Waals surface area contributed by atoms with E-state index in [1.54, 1.807) is 6.33 Å². The third kappa shape index (κ3) is 2.31. The SMILES string of the molecule is CCNC(c1cc(C)oc1C)c1ncnn1CC. The summed E-state index contributed by atoms with van der Waals surface area (Å²) in [6.07, 6.45) is 1.60. The van der Waals surface area contributed by atoms with E-state index < -0.39 is 0 Å². The molecule has 2 aromatic heterocycles. The maximum absolute atomic E-state index is 5.62. The summed E-state index contributed by atoms with van der Waals surface area (Å²) in [6.45, 7) is 9.78. The van der Waals surface area contributed by atoms with Gasteiger partial charge in [0, 0.05) is 12.1 Å². The molecule has 0 aliphatic heterocycles. The van der Waals surface area contributed by atoms with Crippen molar-refractivity contribution in [2.75, 3.05) is 6.54 Å². The minimum absolute atomic E-state index is 0.0369. The smallest absolute Gasteiger partial charge is 0.148 e. The molecule has 0 fully saturated rings. The summed E-state index contributed by atoms with van der Waals surface area (Å²) in [5.41, 5.74) is 1.14. The minimum atomic E-state index is 0.0369. The van der Waals surface area contributed by atoms with E-state index in [0.29, 0.717) is 0 Å². The first kappa shape index (κ1) is 12.8. The van der Waals surface area contributed by atoms with Gasteiger partial charge in [-0.25, -0.2) is 9.67 Å². The van der Waals surface area contributed by atoms with Gasteiger partial charge in [0.2, 0.25) is 0 Å². The zero-order valence-electron chi connectivity index (χ0n) is 11.4. The third-order valence-corrected chi connectivity index (χ3v) is 3.00. The second-order valence-corrected chi connectivity index (χ2v) is 4.29. The monoisotopic (exact) mass is 248 g/mol. The van der Waals surface area contributed by atoms with Crippen LogP contribution < -0.4 is 5.32 Å². The maximum atomic E-state index is 5.62. The molecule has 0 aliphatic rings. The quantitative estimate of drug-likeness (QED) is 0.881. The van der Waals surface area contributed by atoms with Gasteiger partial charge >= 0.3 is 0 Å². The van der Waals surface area contributed by atoms with Gasteiger partial charge in [0.15, 0.2) is 0 Å². The Hall–Kier alpha value is -1.62. The molecule has 1 atom stereocenters. The van der Waals surface area contributed by atoms with Gasteiger partial charge in [-0.15, -0.1) is 0 Å². The summed E-state index contributed by atoms with van der Waals surface area (Å²) in [6, 6.07) is 2.10. The number of aryl methyl sites for hydroxylation is 3. The van der Waals surface area contributed by atoms with Crippen molar-refractivity contribution in [3.63, 3.8) is 0 Å². The number of aromatic nitrogens is 3. The lowest BCUT2D eigenvalue weighted by molar-refractivity contribution is 0.485. The van der Waals surface area contributed by atoms with E-state index in [1.807, 2.05) is 18.5 Å². The molecule has 0 bridgehead atoms. The molecule has 5 heteroatoms. The maximum Gasteiger partial charge on any atom is 0.148 e. The van der Waals surface area contributed by atoms with Crippen molar-refractivity contribution in [1.82, 2.24) is 20.1 Å². The van der Waals surface area contributed by atoms with E-state index in [2.05, 4.69) is 35.3 Å². The fourth-order valence-electron chi connectivity index (χ4n) is 2.22. The number of rotatable bonds is 5. The molecule has 2 heterocycles. The lowest BCUT2D eigenvalue weighted by atomic mass is 10.1. The molecule has 0 amide bonds. The van der Waals surface area contributed by atoms with Gasteiger partial charge in [-0.05, 0) is 33.4 Å². The number of hydrogen-bond acceptors (Lipinski definition) is 4. The average Bonchev–Trinajstić information content (AvgIpc) is 2.92. The van der Waals surface area contributed by atoms with Crippen LogP contribution in [0.4, 0.5) is 0 Å². The van der Waals surface area contributed by atoms with E-state index in [4.69, 9.17) is 4.42 Å². The molecule has 0 saturated heterocycles. The van der Waals surface area contributed by atoms with Gasteiger partial charge in [0.05, 0.1) is 6.04 Å². The van der Waals surface area contributed by atoms with Crippen LogP contribution in [-0.2, 0) is 6.54 Å². The lowest BCUT2D eigenvalue weighted by Gasteiger charge is -2.17. The van der Waals surface area contributed by atoms with E-state index in [-0.39, 0.29) is 6.04 Å². The Morgan fingerprint density at radius 1 is 1.39 bits per heavy atom. The second kappa shape index (κ2) is 5.35. The highest BCUT2D eigenvalue weighted by Crippen LogP contribution is 2.26. The Kier molecular flexibility index (Phi) is 3.81. The van der Waals surface area contributed by atoms with Crippen LogP contribution in [0.2, 0.25) is 0 Å². The van der Waals surface area contributed by atoms with Crippen LogP contribution in [0, 0.1) is 13.8 Å². The first-order valence-corrected chi connectivity index (χ1v) is 6.35. The van der Waals surface area contributed by atoms with Gasteiger partial charge < -0.3 is 9.73 Å². The Labute approximate surface area is 107 Å². The lowest BCUT2D eigenvalue weighted by Crippen LogP contribution is -2.25. The molecular weight excluding hydrogens is 228 g/mol. The van der Waals surface area contributed by atoms with Crippen molar-refractivity contribution >= 4 is 0 Å². The molecular formula is C13H20N4O. The van der Waals surface area contributed by atoms with Crippen LogP contribution in [-0.4, -0.2) is 21.3 Å². The van der Waals surface area contributed by atoms with Crippen LogP contribution in [0.1, 0.15) is 42.8 Å². The summed E-state index contributed by atoms with van der Waals surface area (Å²) in [4.78, 5) is 4.38. The molecule has 98 valence electrons. The van der Waals surface area contributed by atoms with Gasteiger partial charge in [-0.3, -0.25) is 0 Å². The van der Waals surface area contributed by atoms with E-state index >= 15 is 0 Å². The Morgan fingerprint density at radius 2 is 2.17 bits per heavy atom. The zero-order valence-corrected chi connectivity index (χ0v) is 11.4. The normalized spacial score (nSPS) is 12.9. The highest BCUT2D eigenvalue weighted by Gasteiger charge is 2.22. The van der Waals surface area contributed by atoms with Crippen LogP contribution in [0.3, 0.4) is 0 Å². The Bertz CT molecular complexity index is 515. The molecule has 2 aromatic rings. The van der Waals surface area contributed by atoms with Crippen molar-refractivity contribution in [2.24, 2.45) is 0 Å². The van der Waals surface area contributed by atoms with Crippen LogP contribution >= 0.6 is 0 Å². The molecule has 1 N–H and O–H groups in total. The first-order chi connectivity index (χ1) is 8.67. The predicted molar refractivity (Wildman–Crippen MR) is 69.4 cm³/mol. The molecule has 18 heavy (non-hydrogen) atoms. The van der Waals surface area contributed by atoms with Crippen molar-refractivity contribution in [2.45, 2.75) is 40.3 Å². The summed E-state index contributed by atoms with van der Waals surface area (Å²) < 4.78 is 7.53. The van der Waals surface area contributed by atoms with E-state index in [1.165, 1.54) is 0 Å². The first-order valence-electron chi connectivity index (χ1n) is 6.35. The largest absolute Gasteiger partial charge is 0.466 e. The Balaban J connectivity index is 2.42. The van der Waals surface area contributed by atoms with Gasteiger partial charge in [0.1, 0.15) is 23.7 Å². The molecule has 0 spiro atoms. The van der Waals surface area contributed by atoms with Crippen molar-refractivity contribution in [3.05, 3.63) is 35.3 Å². The number of nitrogens with one attached hydrogen (secondary N) is 1. The van der Waals surface area contributed by atoms with Crippen molar-refractivity contribution in [1.29, 1.82) is 0 Å². The van der Waals surface area contributed by atoms with Crippen molar-refractivity contribution in [3.8, 4) is 0 Å². The molecule has 0 aromatic carbocycles. The van der Waals surface area contributed by atoms with Crippen LogP contribution in [0.15, 0.2) is 16.8 Å². The standard InChI is InChI=1S/C13H20N4O/c1-5-14-12(11-7-9(3)18-10(11)4)13-15-8-16-17(13)6-2/h7-8,12,14H,5-6H2,1-4H3. The third-order valence-electron chi connectivity index (χ3n) is 3.00. The number of hydrogen-bond donors (Lipinski definition) is 1. The Morgan fingerprint density at radius 3 is 2.72 bits per heavy atom. The molecule has 2 rings (SSSR count). The fraction of sp³-hybridized carbons (Fsp3) is 0.538. The highest BCUT2D eigenvalue weighted by atomic mass is 16.3. The molecule has 1 unspecified atom stereocenters. The van der Waals surface area contributed by atoms with Gasteiger partial charge in [-0.2, -0.15) is 5.10 Å². The average molecular weight is 248 g/mol. The fourth-order valence-corrected chi connectivity index (χ4v) is 2.22. The number of furan rings is 1. The molecule has 5 nitrogen and oxygen atoms in total. The van der Waals surface area contributed by atoms with Crippen LogP contribution in [0.25, 0.3) is 0 Å². The molecule has 0 saturated carbocycles. The zero-order chi connectivity index (χ0) is 13.1. The topological polar surface area (TPSA) is 55.9 Å². The van der Waals surface area contributed by atoms with Crippen LogP contribution in [0.5, 0.6) is 0 Å². The summed E-state index contributed by atoms with van der Waals surface area (Å²) in [7, 11) is 0. The van der Waals surface area contributed by atoms with E-state index in [9.17, 15) is 0 Å². The molecule has 0 radical (unpaired) electrons.